The third kappa shape index (κ3) is 19.0. The van der Waals surface area contributed by atoms with Gasteiger partial charge >= 0.3 is 48.7 Å². The Morgan fingerprint density at radius 3 is 1.13 bits per heavy atom. The van der Waals surface area contributed by atoms with E-state index >= 15 is 0 Å². The molecule has 26 nitrogen and oxygen atoms in total. The maximum absolute atomic E-state index is 13.2. The third-order valence-electron chi connectivity index (χ3n) is 13.8. The van der Waals surface area contributed by atoms with E-state index in [1.165, 1.54) is 0 Å². The topological polar surface area (TPSA) is 317 Å². The number of hydrogen-bond donors (Lipinski definition) is 3. The van der Waals surface area contributed by atoms with Gasteiger partial charge in [-0.2, -0.15) is 4.90 Å². The molecule has 0 aromatic heterocycles. The van der Waals surface area contributed by atoms with Crippen LogP contribution in [0.25, 0.3) is 0 Å². The summed E-state index contributed by atoms with van der Waals surface area (Å²) in [6.07, 6.45) is -3.75. The lowest BCUT2D eigenvalue weighted by molar-refractivity contribution is -0.148. The van der Waals surface area contributed by atoms with Crippen LogP contribution in [-0.2, 0) is 76.8 Å². The standard InChI is InChI=1S/C23H30N2O7.C18H22N2O5.C13H14N2O3.C10H18O5/c1-21(2,3)31-19(28)24-17(26)23(25(18(24)27)20(29)32-22(4,5)6)12-16(13-23)30-14-15-10-8-7-9-11-15;1-17(2,3)25-16(23)20-15(22)19-14(21)18(20)9-13(10-18)24-11-12-7-5-4-6-8-12;16-11-13(15-12(17)14-11)6-10(7-13)18-8-9-4-2-1-3-5-9;1-9(2,3)14-7(11)13-8(12)15-10(4,5)6/h7-11,16H,12-14H2,1-6H3;4-8,13H,9-11H2,1-3H3,(H,19,21,22);1-5,10H,6-8H2,(H2,14,15,16,17);1-6H3. The van der Waals surface area contributed by atoms with E-state index in [0.717, 1.165) is 26.5 Å². The Balaban J connectivity index is 0.000000199. The van der Waals surface area contributed by atoms with Gasteiger partial charge in [0.15, 0.2) is 0 Å². The quantitative estimate of drug-likeness (QED) is 0.0776. The second-order valence-corrected chi connectivity index (χ2v) is 27.4. The molecule has 6 aliphatic rings. The van der Waals surface area contributed by atoms with Gasteiger partial charge in [0, 0.05) is 38.5 Å². The zero-order chi connectivity index (χ0) is 67.0. The summed E-state index contributed by atoms with van der Waals surface area (Å²) in [7, 11) is 0. The van der Waals surface area contributed by atoms with Crippen LogP contribution in [0.2, 0.25) is 0 Å². The number of nitrogens with zero attached hydrogens (tertiary/aromatic N) is 3. The highest BCUT2D eigenvalue weighted by molar-refractivity contribution is 6.21. The highest BCUT2D eigenvalue weighted by Gasteiger charge is 2.69. The first-order valence-corrected chi connectivity index (χ1v) is 29.4. The van der Waals surface area contributed by atoms with Crippen LogP contribution in [0.4, 0.5) is 38.4 Å². The molecule has 0 bridgehead atoms. The van der Waals surface area contributed by atoms with E-state index in [4.69, 9.17) is 37.9 Å². The van der Waals surface area contributed by atoms with Crippen LogP contribution in [0.1, 0.15) is 159 Å². The van der Waals surface area contributed by atoms with Crippen LogP contribution >= 0.6 is 0 Å². The maximum Gasteiger partial charge on any atom is 0.519 e. The molecule has 0 unspecified atom stereocenters. The fraction of sp³-hybridized carbons (Fsp3) is 0.547. The van der Waals surface area contributed by atoms with Crippen LogP contribution in [0.3, 0.4) is 0 Å². The second kappa shape index (κ2) is 27.7. The van der Waals surface area contributed by atoms with Gasteiger partial charge in [0.1, 0.15) is 44.6 Å². The van der Waals surface area contributed by atoms with Crippen LogP contribution in [-0.4, -0.2) is 144 Å². The highest BCUT2D eigenvalue weighted by atomic mass is 16.8. The van der Waals surface area contributed by atoms with Gasteiger partial charge in [-0.15, -0.1) is 0 Å². The number of rotatable bonds is 9. The lowest BCUT2D eigenvalue weighted by atomic mass is 9.73. The van der Waals surface area contributed by atoms with Crippen LogP contribution in [0, 0.1) is 0 Å². The largest absolute Gasteiger partial charge is 0.519 e. The molecule has 0 radical (unpaired) electrons. The zero-order valence-electron chi connectivity index (χ0n) is 53.8. The molecule has 3 N–H and O–H groups in total. The van der Waals surface area contributed by atoms with Gasteiger partial charge in [-0.05, 0) is 121 Å². The van der Waals surface area contributed by atoms with Crippen LogP contribution in [0.15, 0.2) is 91.0 Å². The van der Waals surface area contributed by atoms with Gasteiger partial charge in [0.25, 0.3) is 17.7 Å². The Labute approximate surface area is 523 Å². The fourth-order valence-electron chi connectivity index (χ4n) is 9.81. The number of nitrogens with one attached hydrogen (secondary N) is 3. The van der Waals surface area contributed by atoms with Crippen molar-refractivity contribution >= 4 is 66.4 Å². The number of carbonyl (C=O) groups excluding carboxylic acids is 11. The van der Waals surface area contributed by atoms with Gasteiger partial charge in [-0.1, -0.05) is 91.0 Å². The van der Waals surface area contributed by atoms with Gasteiger partial charge in [0.05, 0.1) is 38.1 Å². The lowest BCUT2D eigenvalue weighted by Gasteiger charge is -2.46. The van der Waals surface area contributed by atoms with Crippen LogP contribution in [0.5, 0.6) is 0 Å². The molecular weight excluding hydrogens is 1170 g/mol. The van der Waals surface area contributed by atoms with Gasteiger partial charge < -0.3 is 47.9 Å². The average Bonchev–Trinajstić information content (AvgIpc) is 1.53. The Hall–Kier alpha value is -8.49. The normalized spacial score (nSPS) is 23.4. The average molecular weight is 1260 g/mol. The molecule has 3 aromatic carbocycles. The van der Waals surface area contributed by atoms with E-state index < -0.39 is 105 Å². The first-order chi connectivity index (χ1) is 41.6. The predicted octanol–water partition coefficient (Wildman–Crippen LogP) is 10.6. The number of ether oxygens (including phenoxy) is 9. The minimum Gasteiger partial charge on any atom is -0.443 e. The smallest absolute Gasteiger partial charge is 0.443 e. The molecule has 490 valence electrons. The van der Waals surface area contributed by atoms with Crippen molar-refractivity contribution in [3.63, 3.8) is 0 Å². The molecule has 3 aliphatic carbocycles. The minimum absolute atomic E-state index is 0.0364. The molecule has 6 fully saturated rings. The molecule has 90 heavy (non-hydrogen) atoms. The Kier molecular flexibility index (Phi) is 21.7. The summed E-state index contributed by atoms with van der Waals surface area (Å²) in [4.78, 5) is 135. The van der Waals surface area contributed by atoms with E-state index in [9.17, 15) is 52.7 Å². The molecule has 3 saturated carbocycles. The summed E-state index contributed by atoms with van der Waals surface area (Å²) >= 11 is 0. The van der Waals surface area contributed by atoms with Crippen molar-refractivity contribution in [2.24, 2.45) is 0 Å². The van der Waals surface area contributed by atoms with E-state index in [1.807, 2.05) is 91.0 Å². The van der Waals surface area contributed by atoms with Gasteiger partial charge in [-0.3, -0.25) is 25.0 Å². The Morgan fingerprint density at radius 2 is 0.778 bits per heavy atom. The van der Waals surface area contributed by atoms with E-state index in [1.54, 1.807) is 104 Å². The molecule has 9 rings (SSSR count). The summed E-state index contributed by atoms with van der Waals surface area (Å²) < 4.78 is 47.0. The SMILES string of the molecule is CC(C)(C)OC(=O)N1C(=O)N(C(=O)OC(C)(C)C)C2(CC(OCc3ccccc3)C2)C1=O.CC(C)(C)OC(=O)N1C(=O)NC(=O)C12CC(OCc1ccccc1)C2.CC(C)(C)OC(=O)OC(=O)OC(C)(C)C.O=C1NC(=O)C2(CC(OCc3ccccc3)C2)N1. The fourth-order valence-corrected chi connectivity index (χ4v) is 9.81. The number of amides is 12. The molecule has 0 atom stereocenters. The van der Waals surface area contributed by atoms with Crippen molar-refractivity contribution in [2.75, 3.05) is 0 Å². The minimum atomic E-state index is -1.53. The molecule has 3 aromatic rings. The van der Waals surface area contributed by atoms with E-state index in [0.29, 0.717) is 37.6 Å². The number of carbonyl (C=O) groups is 11. The molecule has 3 heterocycles. The van der Waals surface area contributed by atoms with Crippen molar-refractivity contribution in [1.29, 1.82) is 0 Å². The summed E-state index contributed by atoms with van der Waals surface area (Å²) in [5.41, 5.74) is -4.30. The summed E-state index contributed by atoms with van der Waals surface area (Å²) in [6.45, 7) is 26.2. The van der Waals surface area contributed by atoms with E-state index in [-0.39, 0.29) is 49.9 Å². The molecule has 3 saturated heterocycles. The van der Waals surface area contributed by atoms with Crippen molar-refractivity contribution in [3.8, 4) is 0 Å². The third-order valence-corrected chi connectivity index (χ3v) is 13.8. The molecule has 3 spiro atoms. The summed E-state index contributed by atoms with van der Waals surface area (Å²) in [6, 6.07) is 26.9. The number of benzene rings is 3. The summed E-state index contributed by atoms with van der Waals surface area (Å²) in [5, 5.41) is 7.14. The van der Waals surface area contributed by atoms with Crippen molar-refractivity contribution in [3.05, 3.63) is 108 Å². The van der Waals surface area contributed by atoms with Gasteiger partial charge in [0.2, 0.25) is 0 Å². The first kappa shape index (κ1) is 70.6. The number of imide groups is 7. The van der Waals surface area contributed by atoms with E-state index in [2.05, 4.69) is 20.7 Å². The van der Waals surface area contributed by atoms with Crippen LogP contribution < -0.4 is 16.0 Å². The maximum atomic E-state index is 13.2. The zero-order valence-corrected chi connectivity index (χ0v) is 53.8. The van der Waals surface area contributed by atoms with Crippen molar-refractivity contribution < 1.29 is 95.4 Å². The molecule has 12 amide bonds. The molecular formula is C64H84N6O20. The molecule has 26 heteroatoms. The molecule has 3 aliphatic heterocycles. The summed E-state index contributed by atoms with van der Waals surface area (Å²) in [5.74, 6) is -1.50. The lowest BCUT2D eigenvalue weighted by Crippen LogP contribution is -2.63. The Morgan fingerprint density at radius 1 is 0.433 bits per heavy atom. The van der Waals surface area contributed by atoms with Crippen molar-refractivity contribution in [2.45, 2.75) is 225 Å². The number of hydrogen-bond acceptors (Lipinski definition) is 20. The monoisotopic (exact) mass is 1260 g/mol. The van der Waals surface area contributed by atoms with Gasteiger partial charge in [-0.25, -0.2) is 48.2 Å². The highest BCUT2D eigenvalue weighted by Crippen LogP contribution is 2.48. The second-order valence-electron chi connectivity index (χ2n) is 27.4. The Bertz CT molecular complexity index is 3100. The first-order valence-electron chi connectivity index (χ1n) is 29.4. The number of urea groups is 3. The predicted molar refractivity (Wildman–Crippen MR) is 319 cm³/mol. The van der Waals surface area contributed by atoms with Crippen molar-refractivity contribution in [1.82, 2.24) is 30.7 Å².